The number of nitrogen functional groups attached to an aromatic ring is 1. The number of ether oxygens (including phenoxy) is 1. The average molecular weight is 314 g/mol. The maximum atomic E-state index is 11.5. The molecule has 5 heteroatoms. The summed E-state index contributed by atoms with van der Waals surface area (Å²) in [7, 11) is 0. The van der Waals surface area contributed by atoms with Gasteiger partial charge in [-0.1, -0.05) is 13.0 Å². The third-order valence-electron chi connectivity index (χ3n) is 4.66. The van der Waals surface area contributed by atoms with E-state index in [0.29, 0.717) is 22.3 Å². The largest absolute Gasteiger partial charge is 0.490 e. The zero-order chi connectivity index (χ0) is 16.6. The van der Waals surface area contributed by atoms with Gasteiger partial charge in [0.2, 0.25) is 0 Å². The molecule has 0 bridgehead atoms. The number of aromatic carboxylic acids is 1. The predicted octanol–water partition coefficient (Wildman–Crippen LogP) is 3.78. The molecule has 0 unspecified atom stereocenters. The van der Waals surface area contributed by atoms with Gasteiger partial charge in [0.15, 0.2) is 0 Å². The second kappa shape index (κ2) is 6.07. The van der Waals surface area contributed by atoms with Crippen molar-refractivity contribution in [1.29, 1.82) is 0 Å². The summed E-state index contributed by atoms with van der Waals surface area (Å²) in [5.74, 6) is 0.320. The molecule has 0 saturated heterocycles. The van der Waals surface area contributed by atoms with Gasteiger partial charge in [-0.2, -0.15) is 0 Å². The highest BCUT2D eigenvalue weighted by Gasteiger charge is 2.23. The van der Waals surface area contributed by atoms with Gasteiger partial charge in [0.25, 0.3) is 0 Å². The molecule has 0 radical (unpaired) electrons. The van der Waals surface area contributed by atoms with E-state index in [0.717, 1.165) is 31.6 Å². The molecule has 122 valence electrons. The molecule has 1 fully saturated rings. The summed E-state index contributed by atoms with van der Waals surface area (Å²) in [5.41, 5.74) is 7.54. The Morgan fingerprint density at radius 3 is 2.65 bits per heavy atom. The standard InChI is InChI=1S/C18H22N2O3/c1-10-6-8-12(9-7-10)23-14-5-3-4-13-16(14)17(19)15(18(21)22)11(2)20-13/h3-5,10,12H,6-9H2,1-2H3,(H2,19,20)(H,21,22). The highest BCUT2D eigenvalue weighted by Crippen LogP contribution is 2.35. The third kappa shape index (κ3) is 2.96. The molecule has 1 aromatic carbocycles. The molecule has 3 N–H and O–H groups in total. The number of carboxylic acid groups (broad SMARTS) is 1. The highest BCUT2D eigenvalue weighted by atomic mass is 16.5. The molecular formula is C18H22N2O3. The maximum Gasteiger partial charge on any atom is 0.339 e. The molecule has 1 aromatic heterocycles. The number of aryl methyl sites for hydroxylation is 1. The van der Waals surface area contributed by atoms with Crippen molar-refractivity contribution >= 4 is 22.6 Å². The van der Waals surface area contributed by atoms with Crippen LogP contribution in [0.1, 0.15) is 48.7 Å². The first-order chi connectivity index (χ1) is 11.0. The van der Waals surface area contributed by atoms with E-state index in [1.54, 1.807) is 6.92 Å². The second-order valence-electron chi connectivity index (χ2n) is 6.44. The van der Waals surface area contributed by atoms with Crippen molar-refractivity contribution < 1.29 is 14.6 Å². The van der Waals surface area contributed by atoms with Gasteiger partial charge < -0.3 is 15.6 Å². The number of hydrogen-bond donors (Lipinski definition) is 2. The Kier molecular flexibility index (Phi) is 4.11. The summed E-state index contributed by atoms with van der Waals surface area (Å²) in [6.07, 6.45) is 4.50. The van der Waals surface area contributed by atoms with Gasteiger partial charge in [0.1, 0.15) is 11.3 Å². The molecule has 0 atom stereocenters. The molecule has 23 heavy (non-hydrogen) atoms. The monoisotopic (exact) mass is 314 g/mol. The molecule has 1 aliphatic carbocycles. The number of nitrogens with two attached hydrogens (primary N) is 1. The fourth-order valence-corrected chi connectivity index (χ4v) is 3.33. The first-order valence-corrected chi connectivity index (χ1v) is 8.06. The van der Waals surface area contributed by atoms with Gasteiger partial charge in [-0.3, -0.25) is 4.98 Å². The van der Waals surface area contributed by atoms with Crippen LogP contribution < -0.4 is 10.5 Å². The quantitative estimate of drug-likeness (QED) is 0.900. The fourth-order valence-electron chi connectivity index (χ4n) is 3.33. The fraction of sp³-hybridized carbons (Fsp3) is 0.444. The lowest BCUT2D eigenvalue weighted by Gasteiger charge is -2.27. The molecule has 1 aliphatic rings. The van der Waals surface area contributed by atoms with E-state index in [4.69, 9.17) is 10.5 Å². The van der Waals surface area contributed by atoms with Crippen LogP contribution in [-0.2, 0) is 0 Å². The van der Waals surface area contributed by atoms with E-state index in [9.17, 15) is 9.90 Å². The van der Waals surface area contributed by atoms with Gasteiger partial charge >= 0.3 is 5.97 Å². The van der Waals surface area contributed by atoms with Crippen LogP contribution in [0, 0.1) is 12.8 Å². The number of nitrogens with zero attached hydrogens (tertiary/aromatic N) is 1. The van der Waals surface area contributed by atoms with Crippen molar-refractivity contribution in [3.05, 3.63) is 29.5 Å². The number of pyridine rings is 1. The molecule has 0 amide bonds. The van der Waals surface area contributed by atoms with Crippen LogP contribution in [0.3, 0.4) is 0 Å². The summed E-state index contributed by atoms with van der Waals surface area (Å²) < 4.78 is 6.16. The molecule has 3 rings (SSSR count). The minimum atomic E-state index is -1.06. The number of benzene rings is 1. The van der Waals surface area contributed by atoms with Crippen LogP contribution in [0.4, 0.5) is 5.69 Å². The average Bonchev–Trinajstić information content (AvgIpc) is 2.49. The molecular weight excluding hydrogens is 292 g/mol. The SMILES string of the molecule is Cc1nc2cccc(OC3CCC(C)CC3)c2c(N)c1C(=O)O. The highest BCUT2D eigenvalue weighted by molar-refractivity contribution is 6.06. The van der Waals surface area contributed by atoms with E-state index >= 15 is 0 Å². The van der Waals surface area contributed by atoms with Crippen LogP contribution in [-0.4, -0.2) is 22.2 Å². The van der Waals surface area contributed by atoms with Crippen LogP contribution in [0.15, 0.2) is 18.2 Å². The van der Waals surface area contributed by atoms with Crippen molar-refractivity contribution in [3.63, 3.8) is 0 Å². The Morgan fingerprint density at radius 2 is 2.00 bits per heavy atom. The lowest BCUT2D eigenvalue weighted by molar-refractivity contribution is 0.0697. The summed E-state index contributed by atoms with van der Waals surface area (Å²) >= 11 is 0. The van der Waals surface area contributed by atoms with Crippen molar-refractivity contribution in [2.45, 2.75) is 45.6 Å². The number of rotatable bonds is 3. The molecule has 1 saturated carbocycles. The van der Waals surface area contributed by atoms with Gasteiger partial charge in [-0.25, -0.2) is 4.79 Å². The Labute approximate surface area is 135 Å². The van der Waals surface area contributed by atoms with Crippen molar-refractivity contribution in [3.8, 4) is 5.75 Å². The molecule has 0 aliphatic heterocycles. The predicted molar refractivity (Wildman–Crippen MR) is 89.9 cm³/mol. The van der Waals surface area contributed by atoms with E-state index < -0.39 is 5.97 Å². The Morgan fingerprint density at radius 1 is 1.30 bits per heavy atom. The van der Waals surface area contributed by atoms with Crippen LogP contribution in [0.25, 0.3) is 10.9 Å². The molecule has 0 spiro atoms. The van der Waals surface area contributed by atoms with Crippen LogP contribution in [0.5, 0.6) is 5.75 Å². The summed E-state index contributed by atoms with van der Waals surface area (Å²) in [6, 6.07) is 5.55. The van der Waals surface area contributed by atoms with Gasteiger partial charge in [0.05, 0.1) is 28.4 Å². The van der Waals surface area contributed by atoms with E-state index in [1.165, 1.54) is 0 Å². The summed E-state index contributed by atoms with van der Waals surface area (Å²) in [6.45, 7) is 3.92. The van der Waals surface area contributed by atoms with Crippen LogP contribution in [0.2, 0.25) is 0 Å². The van der Waals surface area contributed by atoms with Crippen molar-refractivity contribution in [2.75, 3.05) is 5.73 Å². The number of anilines is 1. The smallest absolute Gasteiger partial charge is 0.339 e. The van der Waals surface area contributed by atoms with E-state index in [2.05, 4.69) is 11.9 Å². The number of fused-ring (bicyclic) bond motifs is 1. The Hall–Kier alpha value is -2.30. The van der Waals surface area contributed by atoms with Gasteiger partial charge in [-0.05, 0) is 50.7 Å². The number of carbonyl (C=O) groups is 1. The third-order valence-corrected chi connectivity index (χ3v) is 4.66. The van der Waals surface area contributed by atoms with E-state index in [1.807, 2.05) is 18.2 Å². The molecule has 2 aromatic rings. The number of hydrogen-bond acceptors (Lipinski definition) is 4. The normalized spacial score (nSPS) is 21.3. The summed E-state index contributed by atoms with van der Waals surface area (Å²) in [5, 5.41) is 9.99. The molecule has 1 heterocycles. The Balaban J connectivity index is 2.03. The lowest BCUT2D eigenvalue weighted by atomic mass is 9.89. The summed E-state index contributed by atoms with van der Waals surface area (Å²) in [4.78, 5) is 15.8. The van der Waals surface area contributed by atoms with Crippen LogP contribution >= 0.6 is 0 Å². The second-order valence-corrected chi connectivity index (χ2v) is 6.44. The Bertz CT molecular complexity index is 750. The van der Waals surface area contributed by atoms with Gasteiger partial charge in [0, 0.05) is 0 Å². The first-order valence-electron chi connectivity index (χ1n) is 8.06. The van der Waals surface area contributed by atoms with E-state index in [-0.39, 0.29) is 17.4 Å². The zero-order valence-corrected chi connectivity index (χ0v) is 13.5. The first kappa shape index (κ1) is 15.6. The molecule has 5 nitrogen and oxygen atoms in total. The van der Waals surface area contributed by atoms with Gasteiger partial charge in [-0.15, -0.1) is 0 Å². The van der Waals surface area contributed by atoms with Crippen molar-refractivity contribution in [2.24, 2.45) is 5.92 Å². The zero-order valence-electron chi connectivity index (χ0n) is 13.5. The number of aromatic nitrogens is 1. The van der Waals surface area contributed by atoms with Crippen molar-refractivity contribution in [1.82, 2.24) is 4.98 Å². The minimum Gasteiger partial charge on any atom is -0.490 e. The maximum absolute atomic E-state index is 11.5. The minimum absolute atomic E-state index is 0.0609. The topological polar surface area (TPSA) is 85.4 Å². The lowest BCUT2D eigenvalue weighted by Crippen LogP contribution is -2.23. The number of carboxylic acids is 1.